The van der Waals surface area contributed by atoms with Crippen molar-refractivity contribution in [1.29, 1.82) is 0 Å². The van der Waals surface area contributed by atoms with E-state index in [0.29, 0.717) is 12.1 Å². The van der Waals surface area contributed by atoms with Crippen LogP contribution in [0, 0.1) is 5.82 Å². The van der Waals surface area contributed by atoms with Crippen molar-refractivity contribution in [2.75, 3.05) is 13.2 Å². The van der Waals surface area contributed by atoms with Crippen LogP contribution in [0.2, 0.25) is 0 Å². The van der Waals surface area contributed by atoms with E-state index in [1.807, 2.05) is 0 Å². The molecule has 0 aliphatic carbocycles. The lowest BCUT2D eigenvalue weighted by Crippen LogP contribution is -2.22. The van der Waals surface area contributed by atoms with Crippen LogP contribution < -0.4 is 15.8 Å². The smallest absolute Gasteiger partial charge is 0.407 e. The molecule has 17 heavy (non-hydrogen) atoms. The monoisotopic (exact) mass is 240 g/mol. The predicted molar refractivity (Wildman–Crippen MR) is 58.1 cm³/mol. The standard InChI is InChI=1S/C11H13FN2O3/c12-9-3-1-2-7(4-13)10(9)16-6-8-5-14-11(15)17-8/h1-3,8H,4-6,13H2,(H,14,15). The van der Waals surface area contributed by atoms with Crippen molar-refractivity contribution >= 4 is 6.09 Å². The number of para-hydroxylation sites is 1. The van der Waals surface area contributed by atoms with Gasteiger partial charge in [0, 0.05) is 12.1 Å². The maximum Gasteiger partial charge on any atom is 0.407 e. The first kappa shape index (κ1) is 11.7. The quantitative estimate of drug-likeness (QED) is 0.815. The third-order valence-corrected chi connectivity index (χ3v) is 2.43. The second-order valence-corrected chi connectivity index (χ2v) is 3.65. The Bertz CT molecular complexity index is 425. The number of halogens is 1. The van der Waals surface area contributed by atoms with Gasteiger partial charge in [-0.1, -0.05) is 12.1 Å². The molecule has 1 aliphatic rings. The molecular formula is C11H13FN2O3. The van der Waals surface area contributed by atoms with Crippen LogP contribution in [0.5, 0.6) is 5.75 Å². The van der Waals surface area contributed by atoms with Crippen molar-refractivity contribution in [2.24, 2.45) is 5.73 Å². The van der Waals surface area contributed by atoms with Crippen molar-refractivity contribution in [2.45, 2.75) is 12.6 Å². The van der Waals surface area contributed by atoms with E-state index in [9.17, 15) is 9.18 Å². The Balaban J connectivity index is 2.01. The summed E-state index contributed by atoms with van der Waals surface area (Å²) in [7, 11) is 0. The first-order valence-electron chi connectivity index (χ1n) is 5.25. The van der Waals surface area contributed by atoms with E-state index in [-0.39, 0.29) is 18.9 Å². The topological polar surface area (TPSA) is 73.6 Å². The molecule has 2 rings (SSSR count). The largest absolute Gasteiger partial charge is 0.486 e. The lowest BCUT2D eigenvalue weighted by atomic mass is 10.2. The van der Waals surface area contributed by atoms with Gasteiger partial charge in [-0.05, 0) is 6.07 Å². The van der Waals surface area contributed by atoms with Crippen LogP contribution in [0.25, 0.3) is 0 Å². The van der Waals surface area contributed by atoms with Crippen molar-refractivity contribution in [3.8, 4) is 5.75 Å². The van der Waals surface area contributed by atoms with Gasteiger partial charge >= 0.3 is 6.09 Å². The maximum atomic E-state index is 13.5. The summed E-state index contributed by atoms with van der Waals surface area (Å²) in [5.74, 6) is -0.344. The molecule has 0 aromatic heterocycles. The Morgan fingerprint density at radius 1 is 1.59 bits per heavy atom. The van der Waals surface area contributed by atoms with Gasteiger partial charge in [0.2, 0.25) is 0 Å². The highest BCUT2D eigenvalue weighted by molar-refractivity contribution is 5.69. The Hall–Kier alpha value is -1.82. The fourth-order valence-corrected chi connectivity index (χ4v) is 1.58. The van der Waals surface area contributed by atoms with E-state index < -0.39 is 18.0 Å². The number of ether oxygens (including phenoxy) is 2. The van der Waals surface area contributed by atoms with Gasteiger partial charge in [0.25, 0.3) is 0 Å². The highest BCUT2D eigenvalue weighted by atomic mass is 19.1. The fraction of sp³-hybridized carbons (Fsp3) is 0.364. The van der Waals surface area contributed by atoms with Gasteiger partial charge in [-0.25, -0.2) is 9.18 Å². The number of alkyl carbamates (subject to hydrolysis) is 1. The summed E-state index contributed by atoms with van der Waals surface area (Å²) in [6, 6.07) is 4.56. The van der Waals surface area contributed by atoms with Crippen molar-refractivity contribution in [1.82, 2.24) is 5.32 Å². The molecule has 5 nitrogen and oxygen atoms in total. The molecule has 1 aromatic carbocycles. The van der Waals surface area contributed by atoms with Gasteiger partial charge in [0.15, 0.2) is 17.7 Å². The summed E-state index contributed by atoms with van der Waals surface area (Å²) in [5, 5.41) is 2.49. The van der Waals surface area contributed by atoms with Crippen LogP contribution in [0.4, 0.5) is 9.18 Å². The average molecular weight is 240 g/mol. The number of hydrogen-bond acceptors (Lipinski definition) is 4. The molecule has 1 saturated heterocycles. The lowest BCUT2D eigenvalue weighted by molar-refractivity contribution is 0.103. The van der Waals surface area contributed by atoms with Crippen LogP contribution in [-0.2, 0) is 11.3 Å². The molecule has 6 heteroatoms. The average Bonchev–Trinajstić information content (AvgIpc) is 2.73. The van der Waals surface area contributed by atoms with Gasteiger partial charge in [-0.15, -0.1) is 0 Å². The summed E-state index contributed by atoms with van der Waals surface area (Å²) in [6.45, 7) is 0.660. The van der Waals surface area contributed by atoms with Crippen LogP contribution in [-0.4, -0.2) is 25.3 Å². The number of nitrogens with two attached hydrogens (primary N) is 1. The molecule has 1 unspecified atom stereocenters. The Morgan fingerprint density at radius 2 is 2.41 bits per heavy atom. The number of carbonyl (C=O) groups excluding carboxylic acids is 1. The Labute approximate surface area is 97.7 Å². The molecule has 3 N–H and O–H groups in total. The first-order valence-corrected chi connectivity index (χ1v) is 5.25. The number of cyclic esters (lactones) is 1. The van der Waals surface area contributed by atoms with Crippen LogP contribution >= 0.6 is 0 Å². The third kappa shape index (κ3) is 2.65. The van der Waals surface area contributed by atoms with Gasteiger partial charge in [-0.2, -0.15) is 0 Å². The Morgan fingerprint density at radius 3 is 3.06 bits per heavy atom. The van der Waals surface area contributed by atoms with Crippen molar-refractivity contribution in [3.05, 3.63) is 29.6 Å². The van der Waals surface area contributed by atoms with Gasteiger partial charge in [-0.3, -0.25) is 0 Å². The number of rotatable bonds is 4. The van der Waals surface area contributed by atoms with E-state index in [1.54, 1.807) is 12.1 Å². The molecule has 1 amide bonds. The summed E-state index contributed by atoms with van der Waals surface area (Å²) in [6.07, 6.45) is -0.876. The normalized spacial score (nSPS) is 18.7. The second kappa shape index (κ2) is 5.01. The first-order chi connectivity index (χ1) is 8.20. The van der Waals surface area contributed by atoms with E-state index in [1.165, 1.54) is 6.07 Å². The summed E-state index contributed by atoms with van der Waals surface area (Å²) in [5.41, 5.74) is 6.07. The molecule has 0 bridgehead atoms. The zero-order valence-corrected chi connectivity index (χ0v) is 9.11. The number of amides is 1. The van der Waals surface area contributed by atoms with Gasteiger partial charge < -0.3 is 20.5 Å². The molecular weight excluding hydrogens is 227 g/mol. The molecule has 1 aliphatic heterocycles. The lowest BCUT2D eigenvalue weighted by Gasteiger charge is -2.13. The molecule has 1 heterocycles. The fourth-order valence-electron chi connectivity index (χ4n) is 1.58. The molecule has 92 valence electrons. The van der Waals surface area contributed by atoms with Gasteiger partial charge in [0.1, 0.15) is 6.61 Å². The number of benzene rings is 1. The molecule has 0 spiro atoms. The van der Waals surface area contributed by atoms with Crippen LogP contribution in [0.1, 0.15) is 5.56 Å². The zero-order chi connectivity index (χ0) is 12.3. The van der Waals surface area contributed by atoms with Crippen molar-refractivity contribution < 1.29 is 18.7 Å². The van der Waals surface area contributed by atoms with Crippen LogP contribution in [0.3, 0.4) is 0 Å². The summed E-state index contributed by atoms with van der Waals surface area (Å²) in [4.78, 5) is 10.8. The maximum absolute atomic E-state index is 13.5. The summed E-state index contributed by atoms with van der Waals surface area (Å²) >= 11 is 0. The molecule has 1 fully saturated rings. The third-order valence-electron chi connectivity index (χ3n) is 2.43. The van der Waals surface area contributed by atoms with E-state index in [0.717, 1.165) is 0 Å². The van der Waals surface area contributed by atoms with Gasteiger partial charge in [0.05, 0.1) is 6.54 Å². The minimum absolute atomic E-state index is 0.104. The van der Waals surface area contributed by atoms with E-state index in [4.69, 9.17) is 15.2 Å². The number of nitrogens with one attached hydrogen (secondary N) is 1. The van der Waals surface area contributed by atoms with Crippen LogP contribution in [0.15, 0.2) is 18.2 Å². The summed E-state index contributed by atoms with van der Waals surface area (Å²) < 4.78 is 23.7. The van der Waals surface area contributed by atoms with Crippen molar-refractivity contribution in [3.63, 3.8) is 0 Å². The number of carbonyl (C=O) groups is 1. The number of hydrogen-bond donors (Lipinski definition) is 2. The zero-order valence-electron chi connectivity index (χ0n) is 9.11. The SMILES string of the molecule is NCc1cccc(F)c1OCC1CNC(=O)O1. The van der Waals surface area contributed by atoms with E-state index in [2.05, 4.69) is 5.32 Å². The Kier molecular flexibility index (Phi) is 3.43. The molecule has 1 atom stereocenters. The highest BCUT2D eigenvalue weighted by Gasteiger charge is 2.23. The predicted octanol–water partition coefficient (Wildman–Crippen LogP) is 0.772. The molecule has 0 saturated carbocycles. The van der Waals surface area contributed by atoms with E-state index >= 15 is 0 Å². The second-order valence-electron chi connectivity index (χ2n) is 3.65. The molecule has 1 aromatic rings. The minimum atomic E-state index is -0.480. The highest BCUT2D eigenvalue weighted by Crippen LogP contribution is 2.22. The minimum Gasteiger partial charge on any atom is -0.486 e. The molecule has 0 radical (unpaired) electrons.